The van der Waals surface area contributed by atoms with E-state index in [9.17, 15) is 18.7 Å². The van der Waals surface area contributed by atoms with E-state index in [2.05, 4.69) is 5.32 Å². The van der Waals surface area contributed by atoms with Crippen LogP contribution in [-0.2, 0) is 4.79 Å². The third-order valence-electron chi connectivity index (χ3n) is 4.10. The molecule has 0 saturated heterocycles. The Morgan fingerprint density at radius 2 is 1.71 bits per heavy atom. The van der Waals surface area contributed by atoms with E-state index in [1.165, 1.54) is 13.0 Å². The van der Waals surface area contributed by atoms with Crippen molar-refractivity contribution >= 4 is 5.91 Å². The molecule has 0 fully saturated rings. The van der Waals surface area contributed by atoms with Crippen LogP contribution in [-0.4, -0.2) is 24.2 Å². The minimum Gasteiger partial charge on any atom is -0.396 e. The fourth-order valence-corrected chi connectivity index (χ4v) is 2.70. The molecule has 0 aliphatic carbocycles. The first kappa shape index (κ1) is 18.1. The lowest BCUT2D eigenvalue weighted by molar-refractivity contribution is -0.122. The molecule has 2 N–H and O–H groups in total. The topological polar surface area (TPSA) is 49.3 Å². The van der Waals surface area contributed by atoms with E-state index in [0.29, 0.717) is 13.0 Å². The number of carbonyl (C=O) groups excluding carboxylic acids is 1. The third-order valence-corrected chi connectivity index (χ3v) is 4.10. The molecule has 0 aliphatic rings. The lowest BCUT2D eigenvalue weighted by atomic mass is 9.95. The van der Waals surface area contributed by atoms with Crippen LogP contribution in [0.15, 0.2) is 48.5 Å². The van der Waals surface area contributed by atoms with Crippen LogP contribution in [0.5, 0.6) is 0 Å². The fraction of sp³-hybridized carbons (Fsp3) is 0.316. The minimum absolute atomic E-state index is 0.00702. The van der Waals surface area contributed by atoms with E-state index in [0.717, 1.165) is 17.7 Å². The Morgan fingerprint density at radius 1 is 1.08 bits per heavy atom. The molecule has 0 spiro atoms. The fourth-order valence-electron chi connectivity index (χ4n) is 2.70. The van der Waals surface area contributed by atoms with Gasteiger partial charge in [0.1, 0.15) is 11.6 Å². The highest BCUT2D eigenvalue weighted by Crippen LogP contribution is 2.23. The molecule has 2 rings (SSSR count). The molecular formula is C19H21F2NO2. The summed E-state index contributed by atoms with van der Waals surface area (Å²) in [6.45, 7) is 1.76. The van der Waals surface area contributed by atoms with Gasteiger partial charge >= 0.3 is 0 Å². The predicted molar refractivity (Wildman–Crippen MR) is 88.7 cm³/mol. The molecule has 2 aromatic rings. The van der Waals surface area contributed by atoms with E-state index in [-0.39, 0.29) is 18.1 Å². The van der Waals surface area contributed by atoms with Crippen molar-refractivity contribution in [3.8, 4) is 0 Å². The number of rotatable bonds is 7. The molecule has 2 atom stereocenters. The van der Waals surface area contributed by atoms with Gasteiger partial charge in [-0.25, -0.2) is 8.78 Å². The quantitative estimate of drug-likeness (QED) is 0.816. The molecule has 0 saturated carbocycles. The number of hydrogen-bond acceptors (Lipinski definition) is 2. The summed E-state index contributed by atoms with van der Waals surface area (Å²) in [4.78, 5) is 12.3. The summed E-state index contributed by atoms with van der Waals surface area (Å²) in [6, 6.07) is 13.1. The summed E-state index contributed by atoms with van der Waals surface area (Å²) in [5.41, 5.74) is 0.769. The second-order valence-electron chi connectivity index (χ2n) is 5.72. The van der Waals surface area contributed by atoms with Crippen molar-refractivity contribution in [2.75, 3.05) is 13.2 Å². The summed E-state index contributed by atoms with van der Waals surface area (Å²) in [6.07, 6.45) is 0.493. The highest BCUT2D eigenvalue weighted by Gasteiger charge is 2.23. The molecule has 5 heteroatoms. The van der Waals surface area contributed by atoms with Crippen molar-refractivity contribution in [3.63, 3.8) is 0 Å². The molecule has 0 bridgehead atoms. The lowest BCUT2D eigenvalue weighted by Gasteiger charge is -2.19. The average molecular weight is 333 g/mol. The van der Waals surface area contributed by atoms with Crippen LogP contribution in [0.2, 0.25) is 0 Å². The Balaban J connectivity index is 2.05. The first-order chi connectivity index (χ1) is 11.5. The molecular weight excluding hydrogens is 312 g/mol. The Bertz CT molecular complexity index is 656. The SMILES string of the molecule is CC(C(=O)NCC(CCO)c1ccccc1)c1c(F)cccc1F. The molecule has 128 valence electrons. The third kappa shape index (κ3) is 4.38. The number of carbonyl (C=O) groups is 1. The average Bonchev–Trinajstić information content (AvgIpc) is 2.58. The molecule has 0 heterocycles. The van der Waals surface area contributed by atoms with Crippen molar-refractivity contribution in [2.24, 2.45) is 0 Å². The van der Waals surface area contributed by atoms with Crippen LogP contribution >= 0.6 is 0 Å². The molecule has 2 unspecified atom stereocenters. The second-order valence-corrected chi connectivity index (χ2v) is 5.72. The maximum Gasteiger partial charge on any atom is 0.227 e. The molecule has 0 radical (unpaired) electrons. The van der Waals surface area contributed by atoms with Crippen LogP contribution in [0, 0.1) is 11.6 Å². The molecule has 0 aliphatic heterocycles. The number of nitrogens with one attached hydrogen (secondary N) is 1. The first-order valence-electron chi connectivity index (χ1n) is 7.92. The normalized spacial score (nSPS) is 13.3. The van der Waals surface area contributed by atoms with Gasteiger partial charge in [-0.15, -0.1) is 0 Å². The van der Waals surface area contributed by atoms with Crippen molar-refractivity contribution < 1.29 is 18.7 Å². The summed E-state index contributed by atoms with van der Waals surface area (Å²) in [5, 5.41) is 11.9. The van der Waals surface area contributed by atoms with Gasteiger partial charge in [0.15, 0.2) is 0 Å². The summed E-state index contributed by atoms with van der Waals surface area (Å²) in [5.74, 6) is -2.90. The number of halogens is 2. The van der Waals surface area contributed by atoms with Gasteiger partial charge in [-0.2, -0.15) is 0 Å². The monoisotopic (exact) mass is 333 g/mol. The molecule has 3 nitrogen and oxygen atoms in total. The van der Waals surface area contributed by atoms with Gasteiger partial charge in [0, 0.05) is 24.6 Å². The van der Waals surface area contributed by atoms with Crippen molar-refractivity contribution in [3.05, 3.63) is 71.3 Å². The van der Waals surface area contributed by atoms with E-state index in [1.807, 2.05) is 30.3 Å². The highest BCUT2D eigenvalue weighted by atomic mass is 19.1. The van der Waals surface area contributed by atoms with E-state index in [4.69, 9.17) is 0 Å². The van der Waals surface area contributed by atoms with Crippen LogP contribution in [0.3, 0.4) is 0 Å². The molecule has 1 amide bonds. The zero-order chi connectivity index (χ0) is 17.5. The zero-order valence-corrected chi connectivity index (χ0v) is 13.5. The first-order valence-corrected chi connectivity index (χ1v) is 7.92. The van der Waals surface area contributed by atoms with Crippen LogP contribution in [0.4, 0.5) is 8.78 Å². The van der Waals surface area contributed by atoms with Gasteiger partial charge in [0.2, 0.25) is 5.91 Å². The maximum absolute atomic E-state index is 13.8. The molecule has 24 heavy (non-hydrogen) atoms. The number of amides is 1. The van der Waals surface area contributed by atoms with Crippen molar-refractivity contribution in [1.82, 2.24) is 5.32 Å². The van der Waals surface area contributed by atoms with Gasteiger partial charge in [-0.1, -0.05) is 36.4 Å². The smallest absolute Gasteiger partial charge is 0.227 e. The van der Waals surface area contributed by atoms with Crippen LogP contribution in [0.25, 0.3) is 0 Å². The number of benzene rings is 2. The number of aliphatic hydroxyl groups is 1. The highest BCUT2D eigenvalue weighted by molar-refractivity contribution is 5.83. The van der Waals surface area contributed by atoms with E-state index in [1.54, 1.807) is 0 Å². The Hall–Kier alpha value is -2.27. The van der Waals surface area contributed by atoms with Gasteiger partial charge in [0.05, 0.1) is 5.92 Å². The van der Waals surface area contributed by atoms with Gasteiger partial charge in [-0.05, 0) is 31.0 Å². The molecule has 2 aromatic carbocycles. The molecule has 0 aromatic heterocycles. The van der Waals surface area contributed by atoms with E-state index >= 15 is 0 Å². The Morgan fingerprint density at radius 3 is 2.29 bits per heavy atom. The Labute approximate surface area is 140 Å². The Kier molecular flexibility index (Phi) is 6.44. The minimum atomic E-state index is -0.934. The summed E-state index contributed by atoms with van der Waals surface area (Å²) >= 11 is 0. The van der Waals surface area contributed by atoms with Crippen LogP contribution < -0.4 is 5.32 Å². The second kappa shape index (κ2) is 8.55. The van der Waals surface area contributed by atoms with Gasteiger partial charge in [-0.3, -0.25) is 4.79 Å². The van der Waals surface area contributed by atoms with Gasteiger partial charge in [0.25, 0.3) is 0 Å². The van der Waals surface area contributed by atoms with Gasteiger partial charge < -0.3 is 10.4 Å². The number of hydrogen-bond donors (Lipinski definition) is 2. The van der Waals surface area contributed by atoms with Crippen LogP contribution in [0.1, 0.15) is 36.3 Å². The lowest BCUT2D eigenvalue weighted by Crippen LogP contribution is -2.32. The predicted octanol–water partition coefficient (Wildman–Crippen LogP) is 3.35. The zero-order valence-electron chi connectivity index (χ0n) is 13.5. The maximum atomic E-state index is 13.8. The number of aliphatic hydroxyl groups excluding tert-OH is 1. The largest absolute Gasteiger partial charge is 0.396 e. The van der Waals surface area contributed by atoms with Crippen molar-refractivity contribution in [1.29, 1.82) is 0 Å². The van der Waals surface area contributed by atoms with E-state index < -0.39 is 23.5 Å². The summed E-state index contributed by atoms with van der Waals surface area (Å²) < 4.78 is 27.6. The standard InChI is InChI=1S/C19H21F2NO2/c1-13(18-16(20)8-5-9-17(18)21)19(24)22-12-15(10-11-23)14-6-3-2-4-7-14/h2-9,13,15,23H,10-12H2,1H3,(H,22,24). The summed E-state index contributed by atoms with van der Waals surface area (Å²) in [7, 11) is 0. The van der Waals surface area contributed by atoms with Crippen molar-refractivity contribution in [2.45, 2.75) is 25.2 Å².